The number of para-hydroxylation sites is 1. The number of carbonyl (C=O) groups excluding carboxylic acids is 3. The molecule has 0 unspecified atom stereocenters. The lowest BCUT2D eigenvalue weighted by atomic mass is 9.74. The summed E-state index contributed by atoms with van der Waals surface area (Å²) in [5, 5.41) is 2.73. The highest BCUT2D eigenvalue weighted by Gasteiger charge is 2.47. The van der Waals surface area contributed by atoms with E-state index in [1.165, 1.54) is 7.11 Å². The van der Waals surface area contributed by atoms with Gasteiger partial charge in [-0.25, -0.2) is 4.79 Å². The summed E-state index contributed by atoms with van der Waals surface area (Å²) in [6.07, 6.45) is 0.752. The van der Waals surface area contributed by atoms with Crippen LogP contribution < -0.4 is 10.2 Å². The second-order valence-corrected chi connectivity index (χ2v) is 11.2. The number of alkyl carbamates (subject to hydrolysis) is 1. The van der Waals surface area contributed by atoms with E-state index in [1.54, 1.807) is 30.6 Å². The van der Waals surface area contributed by atoms with Crippen LogP contribution in [0.5, 0.6) is 0 Å². The highest BCUT2D eigenvalue weighted by molar-refractivity contribution is 5.97. The maximum Gasteiger partial charge on any atom is 0.408 e. The number of benzene rings is 2. The second kappa shape index (κ2) is 12.2. The maximum absolute atomic E-state index is 13.6. The topological polar surface area (TPSA) is 97.4 Å². The minimum absolute atomic E-state index is 0.0238. The molecule has 9 nitrogen and oxygen atoms in total. The van der Waals surface area contributed by atoms with E-state index in [1.807, 2.05) is 48.5 Å². The van der Waals surface area contributed by atoms with Gasteiger partial charge in [0, 0.05) is 37.8 Å². The van der Waals surface area contributed by atoms with Gasteiger partial charge in [0.15, 0.2) is 0 Å². The average molecular weight is 538 g/mol. The predicted octanol–water partition coefficient (Wildman–Crippen LogP) is 3.65. The minimum Gasteiger partial charge on any atom is -0.444 e. The van der Waals surface area contributed by atoms with Crippen LogP contribution in [0.1, 0.15) is 44.7 Å². The first-order valence-corrected chi connectivity index (χ1v) is 13.4. The first kappa shape index (κ1) is 28.6. The zero-order valence-electron chi connectivity index (χ0n) is 23.3. The number of likely N-dealkylation sites (tertiary alicyclic amines) is 1. The summed E-state index contributed by atoms with van der Waals surface area (Å²) in [5.41, 5.74) is 2.11. The third kappa shape index (κ3) is 6.96. The van der Waals surface area contributed by atoms with Crippen molar-refractivity contribution in [1.29, 1.82) is 0 Å². The number of ether oxygens (including phenoxy) is 3. The van der Waals surface area contributed by atoms with Crippen LogP contribution in [0, 0.1) is 0 Å². The van der Waals surface area contributed by atoms with Crippen molar-refractivity contribution in [3.05, 3.63) is 65.7 Å². The Bertz CT molecular complexity index is 1150. The maximum atomic E-state index is 13.6. The molecule has 0 saturated carbocycles. The molecule has 0 bridgehead atoms. The molecule has 1 fully saturated rings. The molecule has 2 heterocycles. The summed E-state index contributed by atoms with van der Waals surface area (Å²) in [6.45, 7) is 7.28. The molecule has 1 saturated heterocycles. The number of amides is 3. The predicted molar refractivity (Wildman–Crippen MR) is 147 cm³/mol. The molecule has 0 radical (unpaired) electrons. The van der Waals surface area contributed by atoms with Gasteiger partial charge in [0.2, 0.25) is 5.91 Å². The van der Waals surface area contributed by atoms with Crippen molar-refractivity contribution in [3.8, 4) is 0 Å². The molecule has 3 amide bonds. The summed E-state index contributed by atoms with van der Waals surface area (Å²) in [7, 11) is 1.52. The van der Waals surface area contributed by atoms with Crippen molar-refractivity contribution in [3.63, 3.8) is 0 Å². The molecular formula is C30H39N3O6. The molecule has 2 aliphatic heterocycles. The van der Waals surface area contributed by atoms with Crippen LogP contribution in [0.25, 0.3) is 0 Å². The van der Waals surface area contributed by atoms with E-state index in [4.69, 9.17) is 14.2 Å². The second-order valence-electron chi connectivity index (χ2n) is 11.2. The molecule has 9 heteroatoms. The van der Waals surface area contributed by atoms with Crippen molar-refractivity contribution in [2.75, 3.05) is 44.9 Å². The molecule has 2 aromatic rings. The van der Waals surface area contributed by atoms with Gasteiger partial charge in [0.25, 0.3) is 5.91 Å². The summed E-state index contributed by atoms with van der Waals surface area (Å²) in [6, 6.07) is 16.8. The van der Waals surface area contributed by atoms with Crippen molar-refractivity contribution >= 4 is 23.6 Å². The Hall–Kier alpha value is -3.43. The first-order chi connectivity index (χ1) is 18.6. The zero-order chi connectivity index (χ0) is 28.0. The Morgan fingerprint density at radius 3 is 2.33 bits per heavy atom. The number of hydrogen-bond donors (Lipinski definition) is 1. The number of piperidine rings is 1. The van der Waals surface area contributed by atoms with Crippen LogP contribution in [0.15, 0.2) is 54.6 Å². The lowest BCUT2D eigenvalue weighted by Gasteiger charge is -2.41. The van der Waals surface area contributed by atoms with Crippen LogP contribution in [-0.4, -0.2) is 74.4 Å². The Morgan fingerprint density at radius 1 is 1.00 bits per heavy atom. The van der Waals surface area contributed by atoms with E-state index < -0.39 is 17.7 Å². The van der Waals surface area contributed by atoms with Crippen LogP contribution in [-0.2, 0) is 35.8 Å². The molecule has 1 spiro atoms. The van der Waals surface area contributed by atoms with Crippen molar-refractivity contribution in [1.82, 2.24) is 10.2 Å². The van der Waals surface area contributed by atoms with Gasteiger partial charge in [-0.15, -0.1) is 0 Å². The van der Waals surface area contributed by atoms with E-state index in [0.29, 0.717) is 39.1 Å². The minimum atomic E-state index is -0.881. The molecule has 39 heavy (non-hydrogen) atoms. The third-order valence-electron chi connectivity index (χ3n) is 7.21. The van der Waals surface area contributed by atoms with Gasteiger partial charge in [-0.05, 0) is 50.8 Å². The van der Waals surface area contributed by atoms with E-state index in [2.05, 4.69) is 11.4 Å². The number of carbonyl (C=O) groups is 3. The van der Waals surface area contributed by atoms with Gasteiger partial charge in [-0.3, -0.25) is 9.59 Å². The number of hydrogen-bond acceptors (Lipinski definition) is 6. The van der Waals surface area contributed by atoms with Gasteiger partial charge in [0.05, 0.1) is 13.2 Å². The number of fused-ring (bicyclic) bond motifs is 2. The molecule has 210 valence electrons. The molecular weight excluding hydrogens is 498 g/mol. The standard InChI is InChI=1S/C30H39N3O6/c1-29(2,3)39-28(36)31-24(19-38-18-22-10-6-5-7-11-22)27(35)32-16-14-30(15-17-32)21-33(26(34)20-37-4)25-13-9-8-12-23(25)30/h5-13,24H,14-21H2,1-4H3,(H,31,36)/t24-/m1/s1. The number of nitrogens with zero attached hydrogens (tertiary/aromatic N) is 2. The SMILES string of the molecule is COCC(=O)N1CC2(CCN(C(=O)[C@@H](COCc3ccccc3)NC(=O)OC(C)(C)C)CC2)c2ccccc21. The number of nitrogens with one attached hydrogen (secondary N) is 1. The highest BCUT2D eigenvalue weighted by Crippen LogP contribution is 2.47. The Labute approximate surface area is 230 Å². The molecule has 1 atom stereocenters. The van der Waals surface area contributed by atoms with Gasteiger partial charge < -0.3 is 29.3 Å². The van der Waals surface area contributed by atoms with Crippen molar-refractivity contribution in [2.45, 2.75) is 57.3 Å². The van der Waals surface area contributed by atoms with E-state index in [-0.39, 0.29) is 30.4 Å². The van der Waals surface area contributed by atoms with E-state index >= 15 is 0 Å². The Balaban J connectivity index is 1.44. The Morgan fingerprint density at radius 2 is 1.67 bits per heavy atom. The van der Waals surface area contributed by atoms with Crippen LogP contribution >= 0.6 is 0 Å². The highest BCUT2D eigenvalue weighted by atomic mass is 16.6. The fourth-order valence-electron chi connectivity index (χ4n) is 5.35. The summed E-state index contributed by atoms with van der Waals surface area (Å²) in [5.74, 6) is -0.278. The van der Waals surface area contributed by atoms with Crippen molar-refractivity contribution in [2.24, 2.45) is 0 Å². The largest absolute Gasteiger partial charge is 0.444 e. The molecule has 4 rings (SSSR count). The monoisotopic (exact) mass is 537 g/mol. The van der Waals surface area contributed by atoms with Crippen LogP contribution in [0.2, 0.25) is 0 Å². The molecule has 1 N–H and O–H groups in total. The quantitative estimate of drug-likeness (QED) is 0.552. The summed E-state index contributed by atoms with van der Waals surface area (Å²) >= 11 is 0. The van der Waals surface area contributed by atoms with Gasteiger partial charge in [-0.2, -0.15) is 0 Å². The van der Waals surface area contributed by atoms with Crippen LogP contribution in [0.3, 0.4) is 0 Å². The van der Waals surface area contributed by atoms with Gasteiger partial charge in [0.1, 0.15) is 18.2 Å². The zero-order valence-corrected chi connectivity index (χ0v) is 23.3. The number of rotatable bonds is 8. The molecule has 0 aliphatic carbocycles. The number of methoxy groups -OCH3 is 1. The third-order valence-corrected chi connectivity index (χ3v) is 7.21. The fraction of sp³-hybridized carbons (Fsp3) is 0.500. The molecule has 2 aliphatic rings. The van der Waals surface area contributed by atoms with E-state index in [9.17, 15) is 14.4 Å². The van der Waals surface area contributed by atoms with E-state index in [0.717, 1.165) is 16.8 Å². The van der Waals surface area contributed by atoms with Gasteiger partial charge >= 0.3 is 6.09 Å². The summed E-state index contributed by atoms with van der Waals surface area (Å²) < 4.78 is 16.4. The lowest BCUT2D eigenvalue weighted by Crippen LogP contribution is -2.55. The average Bonchev–Trinajstić information content (AvgIpc) is 3.22. The first-order valence-electron chi connectivity index (χ1n) is 13.4. The fourth-order valence-corrected chi connectivity index (χ4v) is 5.35. The smallest absolute Gasteiger partial charge is 0.408 e. The molecule has 0 aromatic heterocycles. The van der Waals surface area contributed by atoms with Gasteiger partial charge in [-0.1, -0.05) is 48.5 Å². The van der Waals surface area contributed by atoms with Crippen LogP contribution in [0.4, 0.5) is 10.5 Å². The van der Waals surface area contributed by atoms with Crippen molar-refractivity contribution < 1.29 is 28.6 Å². The number of anilines is 1. The summed E-state index contributed by atoms with van der Waals surface area (Å²) in [4.78, 5) is 42.6. The normalized spacial score (nSPS) is 17.0. The Kier molecular flexibility index (Phi) is 8.92. The lowest BCUT2D eigenvalue weighted by molar-refractivity contribution is -0.137. The molecule has 2 aromatic carbocycles.